The van der Waals surface area contributed by atoms with E-state index in [9.17, 15) is 20.0 Å². The van der Waals surface area contributed by atoms with E-state index in [2.05, 4.69) is 4.90 Å². The predicted molar refractivity (Wildman–Crippen MR) is 105 cm³/mol. The lowest BCUT2D eigenvalue weighted by Gasteiger charge is -2.41. The van der Waals surface area contributed by atoms with Gasteiger partial charge in [-0.2, -0.15) is 0 Å². The third kappa shape index (κ3) is 2.96. The fraction of sp³-hybridized carbons (Fsp3) is 0.381. The van der Waals surface area contributed by atoms with Crippen LogP contribution in [0.4, 0.5) is 11.4 Å². The lowest BCUT2D eigenvalue weighted by atomic mass is 9.96. The Labute approximate surface area is 163 Å². The van der Waals surface area contributed by atoms with Crippen molar-refractivity contribution in [1.82, 2.24) is 4.90 Å². The molecule has 0 bridgehead atoms. The first-order valence-electron chi connectivity index (χ1n) is 9.50. The fourth-order valence-electron chi connectivity index (χ4n) is 4.61. The van der Waals surface area contributed by atoms with E-state index >= 15 is 0 Å². The molecule has 2 aromatic carbocycles. The molecule has 0 saturated carbocycles. The summed E-state index contributed by atoms with van der Waals surface area (Å²) in [4.78, 5) is 27.6. The highest BCUT2D eigenvalue weighted by atomic mass is 16.6. The molecular weight excluding hydrogens is 358 g/mol. The lowest BCUT2D eigenvalue weighted by molar-refractivity contribution is -0.384. The van der Waals surface area contributed by atoms with E-state index in [4.69, 9.17) is 0 Å². The van der Waals surface area contributed by atoms with E-state index in [1.807, 2.05) is 42.2 Å². The van der Waals surface area contributed by atoms with Gasteiger partial charge in [0.2, 0.25) is 5.91 Å². The predicted octanol–water partition coefficient (Wildman–Crippen LogP) is 3.25. The van der Waals surface area contributed by atoms with Crippen LogP contribution in [-0.4, -0.2) is 39.1 Å². The van der Waals surface area contributed by atoms with Crippen molar-refractivity contribution in [3.63, 3.8) is 0 Å². The van der Waals surface area contributed by atoms with Crippen molar-refractivity contribution in [2.75, 3.05) is 11.4 Å². The Balaban J connectivity index is 1.66. The third-order valence-corrected chi connectivity index (χ3v) is 5.94. The Morgan fingerprint density at radius 2 is 1.89 bits per heavy atom. The minimum Gasteiger partial charge on any atom is -0.388 e. The van der Waals surface area contributed by atoms with Gasteiger partial charge in [-0.05, 0) is 49.6 Å². The minimum absolute atomic E-state index is 0.0104. The number of benzene rings is 2. The van der Waals surface area contributed by atoms with Crippen LogP contribution in [0.3, 0.4) is 0 Å². The number of aliphatic hydroxyl groups excluding tert-OH is 1. The monoisotopic (exact) mass is 381 g/mol. The number of nitro groups is 1. The molecule has 1 N–H and O–H groups in total. The number of aliphatic hydroxyl groups is 1. The first-order valence-corrected chi connectivity index (χ1v) is 9.50. The molecule has 2 aliphatic rings. The van der Waals surface area contributed by atoms with Crippen molar-refractivity contribution in [3.05, 3.63) is 70.3 Å². The molecule has 4 rings (SSSR count). The molecule has 28 heavy (non-hydrogen) atoms. The van der Waals surface area contributed by atoms with E-state index in [0.717, 1.165) is 25.1 Å². The summed E-state index contributed by atoms with van der Waals surface area (Å²) in [5, 5.41) is 21.8. The maximum Gasteiger partial charge on any atom is 0.269 e. The highest BCUT2D eigenvalue weighted by molar-refractivity contribution is 6.01. The van der Waals surface area contributed by atoms with Crippen LogP contribution in [-0.2, 0) is 4.79 Å². The van der Waals surface area contributed by atoms with Gasteiger partial charge < -0.3 is 5.11 Å². The third-order valence-electron chi connectivity index (χ3n) is 5.94. The SMILES string of the molecule is C[C@]1(CC(O)c2ccc([N+](=O)[O-])cc2)N(c2ccccc2)C(=O)[C@@H]2CCCN21. The van der Waals surface area contributed by atoms with Crippen LogP contribution in [0.2, 0.25) is 0 Å². The van der Waals surface area contributed by atoms with Gasteiger partial charge in [0.1, 0.15) is 5.66 Å². The number of rotatable bonds is 5. The van der Waals surface area contributed by atoms with Crippen LogP contribution in [0.5, 0.6) is 0 Å². The van der Waals surface area contributed by atoms with Gasteiger partial charge in [-0.1, -0.05) is 18.2 Å². The van der Waals surface area contributed by atoms with Crippen molar-refractivity contribution in [2.24, 2.45) is 0 Å². The molecule has 2 aliphatic heterocycles. The average Bonchev–Trinajstić information content (AvgIpc) is 3.26. The van der Waals surface area contributed by atoms with Crippen molar-refractivity contribution < 1.29 is 14.8 Å². The summed E-state index contributed by atoms with van der Waals surface area (Å²) in [6.07, 6.45) is 1.26. The van der Waals surface area contributed by atoms with Crippen LogP contribution in [0.15, 0.2) is 54.6 Å². The molecule has 0 spiro atoms. The number of hydrogen-bond acceptors (Lipinski definition) is 5. The van der Waals surface area contributed by atoms with Crippen LogP contribution >= 0.6 is 0 Å². The summed E-state index contributed by atoms with van der Waals surface area (Å²) in [5.41, 5.74) is 0.750. The second-order valence-corrected chi connectivity index (χ2v) is 7.65. The van der Waals surface area contributed by atoms with E-state index in [1.165, 1.54) is 12.1 Å². The molecule has 7 nitrogen and oxygen atoms in total. The number of carbonyl (C=O) groups is 1. The summed E-state index contributed by atoms with van der Waals surface area (Å²) in [5.74, 6) is 0.0714. The highest BCUT2D eigenvalue weighted by Crippen LogP contribution is 2.45. The summed E-state index contributed by atoms with van der Waals surface area (Å²) < 4.78 is 0. The van der Waals surface area contributed by atoms with Crippen molar-refractivity contribution in [1.29, 1.82) is 0 Å². The highest BCUT2D eigenvalue weighted by Gasteiger charge is 2.56. The Morgan fingerprint density at radius 3 is 2.54 bits per heavy atom. The zero-order valence-electron chi connectivity index (χ0n) is 15.7. The van der Waals surface area contributed by atoms with Gasteiger partial charge in [-0.15, -0.1) is 0 Å². The number of para-hydroxylation sites is 1. The molecule has 2 aromatic rings. The summed E-state index contributed by atoms with van der Waals surface area (Å²) >= 11 is 0. The maximum atomic E-state index is 13.2. The summed E-state index contributed by atoms with van der Waals surface area (Å²) in [6.45, 7) is 2.81. The Morgan fingerprint density at radius 1 is 1.21 bits per heavy atom. The molecule has 146 valence electrons. The van der Waals surface area contributed by atoms with Gasteiger partial charge >= 0.3 is 0 Å². The normalized spacial score (nSPS) is 25.7. The van der Waals surface area contributed by atoms with Crippen molar-refractivity contribution in [2.45, 2.75) is 44.0 Å². The molecule has 3 atom stereocenters. The summed E-state index contributed by atoms with van der Waals surface area (Å²) in [6, 6.07) is 15.3. The van der Waals surface area contributed by atoms with Gasteiger partial charge in [0, 0.05) is 30.8 Å². The zero-order valence-corrected chi connectivity index (χ0v) is 15.7. The Kier molecular flexibility index (Phi) is 4.64. The van der Waals surface area contributed by atoms with Crippen LogP contribution < -0.4 is 4.90 Å². The van der Waals surface area contributed by atoms with E-state index < -0.39 is 16.7 Å². The van der Waals surface area contributed by atoms with Gasteiger partial charge in [0.05, 0.1) is 17.1 Å². The number of carbonyl (C=O) groups excluding carboxylic acids is 1. The first kappa shape index (κ1) is 18.6. The lowest BCUT2D eigenvalue weighted by Crippen LogP contribution is -2.53. The van der Waals surface area contributed by atoms with E-state index in [-0.39, 0.29) is 17.6 Å². The van der Waals surface area contributed by atoms with Gasteiger partial charge in [0.15, 0.2) is 0 Å². The van der Waals surface area contributed by atoms with Gasteiger partial charge in [0.25, 0.3) is 5.69 Å². The topological polar surface area (TPSA) is 86.9 Å². The van der Waals surface area contributed by atoms with Crippen LogP contribution in [0, 0.1) is 10.1 Å². The van der Waals surface area contributed by atoms with E-state index in [1.54, 1.807) is 12.1 Å². The van der Waals surface area contributed by atoms with Gasteiger partial charge in [-0.25, -0.2) is 0 Å². The van der Waals surface area contributed by atoms with E-state index in [0.29, 0.717) is 12.0 Å². The van der Waals surface area contributed by atoms with Crippen LogP contribution in [0.1, 0.15) is 37.9 Å². The Hall–Kier alpha value is -2.77. The first-order chi connectivity index (χ1) is 13.4. The number of hydrogen-bond donors (Lipinski definition) is 1. The quantitative estimate of drug-likeness (QED) is 0.635. The smallest absolute Gasteiger partial charge is 0.269 e. The number of nitro benzene ring substituents is 1. The van der Waals surface area contributed by atoms with Crippen LogP contribution in [0.25, 0.3) is 0 Å². The number of non-ortho nitro benzene ring substituents is 1. The molecule has 2 fully saturated rings. The van der Waals surface area contributed by atoms with Crippen molar-refractivity contribution >= 4 is 17.3 Å². The molecular formula is C21H23N3O4. The average molecular weight is 381 g/mol. The molecule has 7 heteroatoms. The maximum absolute atomic E-state index is 13.2. The second-order valence-electron chi connectivity index (χ2n) is 7.65. The second kappa shape index (κ2) is 7.00. The largest absolute Gasteiger partial charge is 0.388 e. The van der Waals surface area contributed by atoms with Crippen molar-refractivity contribution in [3.8, 4) is 0 Å². The fourth-order valence-corrected chi connectivity index (χ4v) is 4.61. The molecule has 0 radical (unpaired) electrons. The molecule has 2 saturated heterocycles. The molecule has 0 aliphatic carbocycles. The summed E-state index contributed by atoms with van der Waals surface area (Å²) in [7, 11) is 0. The molecule has 2 heterocycles. The number of anilines is 1. The Bertz CT molecular complexity index is 886. The molecule has 0 aromatic heterocycles. The number of nitrogens with zero attached hydrogens (tertiary/aromatic N) is 3. The zero-order chi connectivity index (χ0) is 19.9. The standard InChI is InChI=1S/C21H23N3O4/c1-21(14-19(25)15-9-11-17(12-10-15)24(27)28)22-13-5-8-18(22)20(26)23(21)16-6-3-2-4-7-16/h2-4,6-7,9-12,18-19,25H,5,8,13-14H2,1H3/t18-,19?,21+/m0/s1. The molecule has 1 amide bonds. The number of fused-ring (bicyclic) bond motifs is 1. The minimum atomic E-state index is -0.843. The number of amides is 1. The molecule has 1 unspecified atom stereocenters. The van der Waals surface area contributed by atoms with Gasteiger partial charge in [-0.3, -0.25) is 24.7 Å².